The van der Waals surface area contributed by atoms with Crippen LogP contribution in [-0.4, -0.2) is 11.7 Å². The predicted octanol–water partition coefficient (Wildman–Crippen LogP) is 0.298. The first-order valence-electron chi connectivity index (χ1n) is 1.70. The first-order valence-corrected chi connectivity index (χ1v) is 1.70. The number of ether oxygens (including phenoxy) is 1. The summed E-state index contributed by atoms with van der Waals surface area (Å²) in [4.78, 5) is 0. The zero-order valence-corrected chi connectivity index (χ0v) is 3.46. The highest BCUT2D eigenvalue weighted by atomic mass is 16.5. The van der Waals surface area contributed by atoms with E-state index in [1.54, 1.807) is 0 Å². The van der Waals surface area contributed by atoms with Crippen molar-refractivity contribution in [3.05, 3.63) is 12.5 Å². The maximum atomic E-state index is 4.53. The van der Waals surface area contributed by atoms with Crippen molar-refractivity contribution in [3.8, 4) is 0 Å². The molecule has 0 N–H and O–H groups in total. The molecule has 0 atom stereocenters. The molecule has 0 saturated carbocycles. The highest BCUT2D eigenvalue weighted by Crippen LogP contribution is 1.73. The smallest absolute Gasteiger partial charge is 0.154 e. The molecular weight excluding hydrogens is 92.1 g/mol. The average Bonchev–Trinajstić information content (AvgIpc) is 1.90. The summed E-state index contributed by atoms with van der Waals surface area (Å²) in [5.74, 6) is 4.73. The van der Waals surface area contributed by atoms with E-state index in [1.807, 2.05) is 0 Å². The molecule has 0 bridgehead atoms. The van der Waals surface area contributed by atoms with Gasteiger partial charge in [-0.05, 0) is 0 Å². The fourth-order valence-corrected chi connectivity index (χ4v) is 0.200. The van der Waals surface area contributed by atoms with Gasteiger partial charge in [0.15, 0.2) is 12.5 Å². The van der Waals surface area contributed by atoms with E-state index in [4.69, 9.17) is 0 Å². The van der Waals surface area contributed by atoms with Gasteiger partial charge in [-0.3, -0.25) is 0 Å². The minimum atomic E-state index is 1.30. The second-order valence-corrected chi connectivity index (χ2v) is 0.830. The van der Waals surface area contributed by atoms with Crippen molar-refractivity contribution in [3.63, 3.8) is 0 Å². The molecule has 0 aromatic rings. The summed E-state index contributed by atoms with van der Waals surface area (Å²) in [7, 11) is 0. The fraction of sp³-hybridized carbons (Fsp3) is 0. The summed E-state index contributed by atoms with van der Waals surface area (Å²) in [6, 6.07) is 0. The van der Waals surface area contributed by atoms with Gasteiger partial charge >= 0.3 is 0 Å². The molecule has 0 unspecified atom stereocenters. The molecule has 0 aliphatic carbocycles. The third-order valence-electron chi connectivity index (χ3n) is 0.407. The van der Waals surface area contributed by atoms with Crippen LogP contribution in [0.25, 0.3) is 0 Å². The van der Waals surface area contributed by atoms with E-state index in [0.29, 0.717) is 0 Å². The van der Waals surface area contributed by atoms with Crippen LogP contribution in [0.3, 0.4) is 0 Å². The molecule has 1 aliphatic heterocycles. The van der Waals surface area contributed by atoms with Crippen LogP contribution in [0, 0.1) is 0 Å². The van der Waals surface area contributed by atoms with Gasteiger partial charge in [0.25, 0.3) is 0 Å². The van der Waals surface area contributed by atoms with Crippen molar-refractivity contribution in [2.24, 2.45) is 10.2 Å². The maximum Gasteiger partial charge on any atom is 0.154 e. The standard InChI is InChI=1S/C4H2N2O/c1-3-7-4-2-6-5-1/h3-4H. The van der Waals surface area contributed by atoms with E-state index in [2.05, 4.69) is 26.7 Å². The van der Waals surface area contributed by atoms with E-state index >= 15 is 0 Å². The topological polar surface area (TPSA) is 34.0 Å². The summed E-state index contributed by atoms with van der Waals surface area (Å²) in [5.41, 5.74) is 0. The van der Waals surface area contributed by atoms with Crippen molar-refractivity contribution < 1.29 is 4.74 Å². The second-order valence-electron chi connectivity index (χ2n) is 0.830. The van der Waals surface area contributed by atoms with Crippen molar-refractivity contribution >= 4 is 11.7 Å². The Morgan fingerprint density at radius 3 is 2.29 bits per heavy atom. The third-order valence-corrected chi connectivity index (χ3v) is 0.407. The molecule has 1 aliphatic rings. The molecule has 0 aromatic heterocycles. The molecule has 7 heavy (non-hydrogen) atoms. The van der Waals surface area contributed by atoms with E-state index in [-0.39, 0.29) is 0 Å². The van der Waals surface area contributed by atoms with E-state index in [0.717, 1.165) is 0 Å². The molecular formula is C4H2N2O. The Morgan fingerprint density at radius 2 is 1.71 bits per heavy atom. The van der Waals surface area contributed by atoms with Crippen LogP contribution in [-0.2, 0) is 4.74 Å². The number of nitrogens with zero attached hydrogens (tertiary/aromatic N) is 2. The predicted molar refractivity (Wildman–Crippen MR) is 25.1 cm³/mol. The van der Waals surface area contributed by atoms with Crippen LogP contribution in [0.2, 0.25) is 0 Å². The van der Waals surface area contributed by atoms with Crippen LogP contribution in [0.5, 0.6) is 0 Å². The van der Waals surface area contributed by atoms with Crippen LogP contribution in [0.1, 0.15) is 0 Å². The molecule has 3 nitrogen and oxygen atoms in total. The quantitative estimate of drug-likeness (QED) is 0.425. The molecule has 0 spiro atoms. The summed E-state index contributed by atoms with van der Waals surface area (Å²) in [6.45, 7) is 0. The first kappa shape index (κ1) is 3.88. The van der Waals surface area contributed by atoms with Crippen LogP contribution < -0.4 is 0 Å². The molecule has 0 radical (unpaired) electrons. The summed E-state index contributed by atoms with van der Waals surface area (Å²) in [5, 5.41) is 6.65. The van der Waals surface area contributed by atoms with Crippen molar-refractivity contribution in [1.82, 2.24) is 0 Å². The lowest BCUT2D eigenvalue weighted by atomic mass is 11.0. The van der Waals surface area contributed by atoms with Crippen molar-refractivity contribution in [1.29, 1.82) is 0 Å². The van der Waals surface area contributed by atoms with Crippen molar-refractivity contribution in [2.45, 2.75) is 0 Å². The Labute approximate surface area is 40.3 Å². The third kappa shape index (κ3) is 1.05. The Hall–Kier alpha value is -1.30. The number of hydrogen-bond acceptors (Lipinski definition) is 3. The summed E-state index contributed by atoms with van der Waals surface area (Å²) in [6.07, 6.45) is 2.59. The van der Waals surface area contributed by atoms with Gasteiger partial charge in [-0.1, -0.05) is 10.2 Å². The Balaban J connectivity index is 2.86. The summed E-state index contributed by atoms with van der Waals surface area (Å²) < 4.78 is 4.53. The highest BCUT2D eigenvalue weighted by Gasteiger charge is 1.65. The number of hydrogen-bond donors (Lipinski definition) is 0. The van der Waals surface area contributed by atoms with E-state index < -0.39 is 0 Å². The van der Waals surface area contributed by atoms with Gasteiger partial charge in [0.1, 0.15) is 0 Å². The lowest BCUT2D eigenvalue weighted by Crippen LogP contribution is -1.59. The average molecular weight is 94.1 g/mol. The lowest BCUT2D eigenvalue weighted by molar-refractivity contribution is 0.415. The maximum absolute atomic E-state index is 4.53. The van der Waals surface area contributed by atoms with Gasteiger partial charge in [-0.2, -0.15) is 0 Å². The fourth-order valence-electron chi connectivity index (χ4n) is 0.200. The van der Waals surface area contributed by atoms with Crippen LogP contribution >= 0.6 is 0 Å². The molecule has 1 heterocycles. The highest BCUT2D eigenvalue weighted by molar-refractivity contribution is 5.56. The second kappa shape index (κ2) is 1.98. The molecule has 0 saturated heterocycles. The van der Waals surface area contributed by atoms with Crippen LogP contribution in [0.4, 0.5) is 0 Å². The SMILES string of the molecule is C1=COC=C=NN=1. The largest absolute Gasteiger partial charge is 0.453 e. The van der Waals surface area contributed by atoms with E-state index in [9.17, 15) is 0 Å². The Kier molecular flexibility index (Phi) is 1.10. The molecule has 0 amide bonds. The van der Waals surface area contributed by atoms with Gasteiger partial charge < -0.3 is 4.74 Å². The molecule has 34 valence electrons. The first-order chi connectivity index (χ1) is 3.50. The minimum absolute atomic E-state index is 1.30. The van der Waals surface area contributed by atoms with Gasteiger partial charge in [0.2, 0.25) is 0 Å². The zero-order chi connectivity index (χ0) is 4.95. The lowest BCUT2D eigenvalue weighted by Gasteiger charge is -1.73. The Morgan fingerprint density at radius 1 is 1.14 bits per heavy atom. The van der Waals surface area contributed by atoms with Gasteiger partial charge in [0, 0.05) is 0 Å². The minimum Gasteiger partial charge on any atom is -0.453 e. The van der Waals surface area contributed by atoms with Crippen LogP contribution in [0.15, 0.2) is 22.7 Å². The van der Waals surface area contributed by atoms with Crippen molar-refractivity contribution in [2.75, 3.05) is 0 Å². The van der Waals surface area contributed by atoms with Gasteiger partial charge in [-0.25, -0.2) is 0 Å². The normalized spacial score (nSPS) is 13.7. The zero-order valence-electron chi connectivity index (χ0n) is 3.46. The monoisotopic (exact) mass is 94.0 g/mol. The Bertz CT molecular complexity index is 150. The van der Waals surface area contributed by atoms with Gasteiger partial charge in [0.05, 0.1) is 11.7 Å². The number of rotatable bonds is 0. The van der Waals surface area contributed by atoms with Gasteiger partial charge in [-0.15, -0.1) is 0 Å². The molecule has 3 heteroatoms. The summed E-state index contributed by atoms with van der Waals surface area (Å²) >= 11 is 0. The molecule has 0 fully saturated rings. The van der Waals surface area contributed by atoms with E-state index in [1.165, 1.54) is 12.5 Å². The molecule has 0 aromatic carbocycles. The molecule has 1 rings (SSSR count).